The highest BCUT2D eigenvalue weighted by molar-refractivity contribution is 5.92. The van der Waals surface area contributed by atoms with E-state index in [0.717, 1.165) is 12.8 Å². The van der Waals surface area contributed by atoms with Crippen LogP contribution in [-0.2, 0) is 9.78 Å². The molecule has 0 heterocycles. The lowest BCUT2D eigenvalue weighted by atomic mass is 10.0. The monoisotopic (exact) mass is 420 g/mol. The molecule has 30 heavy (non-hydrogen) atoms. The third kappa shape index (κ3) is 13.6. The lowest BCUT2D eigenvalue weighted by Gasteiger charge is -2.07. The molecule has 0 amide bonds. The smallest absolute Gasteiger partial charge is 0.376 e. The molecule has 0 N–H and O–H groups in total. The molecule has 172 valence electrons. The van der Waals surface area contributed by atoms with Crippen molar-refractivity contribution in [2.45, 2.75) is 110 Å². The summed E-state index contributed by atoms with van der Waals surface area (Å²) in [4.78, 5) is 21.9. The van der Waals surface area contributed by atoms with Crippen LogP contribution in [0.4, 0.5) is 0 Å². The Bertz CT molecular complexity index is 530. The summed E-state index contributed by atoms with van der Waals surface area (Å²) in [6, 6.07) is 6.98. The molecule has 0 radical (unpaired) electrons. The molecular weight excluding hydrogens is 376 g/mol. The SMILES string of the molecule is CCCCCCCCCCCCCCCCCCOOC(=O)c1ccccc1OC. The van der Waals surface area contributed by atoms with Crippen molar-refractivity contribution in [1.82, 2.24) is 0 Å². The number of benzene rings is 1. The molecule has 1 rings (SSSR count). The minimum absolute atomic E-state index is 0.381. The van der Waals surface area contributed by atoms with Crippen LogP contribution in [0.25, 0.3) is 0 Å². The van der Waals surface area contributed by atoms with Gasteiger partial charge in [-0.2, -0.15) is 4.89 Å². The summed E-state index contributed by atoms with van der Waals surface area (Å²) >= 11 is 0. The van der Waals surface area contributed by atoms with Crippen molar-refractivity contribution in [2.75, 3.05) is 13.7 Å². The lowest BCUT2D eigenvalue weighted by molar-refractivity contribution is -0.241. The average molecular weight is 421 g/mol. The number of ether oxygens (including phenoxy) is 1. The Morgan fingerprint density at radius 2 is 1.17 bits per heavy atom. The number of para-hydroxylation sites is 1. The molecule has 0 aliphatic heterocycles. The standard InChI is InChI=1S/C26H44O4/c1-3-4-5-6-7-8-9-10-11-12-13-14-15-16-17-20-23-29-30-26(27)24-21-18-19-22-25(24)28-2/h18-19,21-22H,3-17,20,23H2,1-2H3. The fourth-order valence-corrected chi connectivity index (χ4v) is 3.66. The minimum atomic E-state index is -0.510. The van der Waals surface area contributed by atoms with E-state index in [1.807, 2.05) is 6.07 Å². The normalized spacial score (nSPS) is 10.9. The van der Waals surface area contributed by atoms with Gasteiger partial charge in [0.05, 0.1) is 13.7 Å². The molecule has 1 aromatic rings. The average Bonchev–Trinajstić information content (AvgIpc) is 2.78. The van der Waals surface area contributed by atoms with Crippen molar-refractivity contribution >= 4 is 5.97 Å². The summed E-state index contributed by atoms with van der Waals surface area (Å²) in [5.41, 5.74) is 0.381. The molecule has 0 aliphatic carbocycles. The first-order chi connectivity index (χ1) is 14.8. The Kier molecular flexibility index (Phi) is 17.1. The van der Waals surface area contributed by atoms with E-state index in [0.29, 0.717) is 17.9 Å². The van der Waals surface area contributed by atoms with Crippen molar-refractivity contribution in [3.05, 3.63) is 29.8 Å². The van der Waals surface area contributed by atoms with Crippen LogP contribution in [0, 0.1) is 0 Å². The van der Waals surface area contributed by atoms with Crippen LogP contribution < -0.4 is 4.74 Å². The van der Waals surface area contributed by atoms with Gasteiger partial charge in [-0.3, -0.25) is 4.89 Å². The van der Waals surface area contributed by atoms with Crippen LogP contribution >= 0.6 is 0 Å². The van der Waals surface area contributed by atoms with Gasteiger partial charge in [0.25, 0.3) is 0 Å². The van der Waals surface area contributed by atoms with Crippen LogP contribution in [0.3, 0.4) is 0 Å². The molecule has 0 bridgehead atoms. The Labute approximate surface area is 184 Å². The van der Waals surface area contributed by atoms with Crippen LogP contribution in [0.1, 0.15) is 120 Å². The summed E-state index contributed by atoms with van der Waals surface area (Å²) in [6.07, 6.45) is 21.3. The Balaban J connectivity index is 1.82. The maximum Gasteiger partial charge on any atom is 0.376 e. The summed E-state index contributed by atoms with van der Waals surface area (Å²) in [5.74, 6) is -0.0162. The molecule has 0 unspecified atom stereocenters. The largest absolute Gasteiger partial charge is 0.496 e. The number of carbonyl (C=O) groups is 1. The van der Waals surface area contributed by atoms with Gasteiger partial charge in [0, 0.05) is 0 Å². The molecular formula is C26H44O4. The third-order valence-electron chi connectivity index (χ3n) is 5.54. The molecule has 4 heteroatoms. The summed E-state index contributed by atoms with van der Waals surface area (Å²) in [7, 11) is 1.53. The third-order valence-corrected chi connectivity index (χ3v) is 5.54. The first-order valence-corrected chi connectivity index (χ1v) is 12.3. The van der Waals surface area contributed by atoms with Gasteiger partial charge in [-0.15, -0.1) is 0 Å². The van der Waals surface area contributed by atoms with Crippen molar-refractivity contribution in [3.8, 4) is 5.75 Å². The van der Waals surface area contributed by atoms with E-state index in [1.165, 1.54) is 97.0 Å². The first kappa shape index (κ1) is 26.5. The van der Waals surface area contributed by atoms with Crippen molar-refractivity contribution < 1.29 is 19.3 Å². The molecule has 0 atom stereocenters. The van der Waals surface area contributed by atoms with E-state index < -0.39 is 5.97 Å². The van der Waals surface area contributed by atoms with Gasteiger partial charge in [-0.1, -0.05) is 115 Å². The maximum absolute atomic E-state index is 12.0. The highest BCUT2D eigenvalue weighted by atomic mass is 17.2. The molecule has 0 spiro atoms. The highest BCUT2D eigenvalue weighted by Crippen LogP contribution is 2.18. The number of hydrogen-bond acceptors (Lipinski definition) is 4. The number of methoxy groups -OCH3 is 1. The van der Waals surface area contributed by atoms with Gasteiger partial charge in [0.2, 0.25) is 0 Å². The van der Waals surface area contributed by atoms with E-state index in [9.17, 15) is 4.79 Å². The van der Waals surface area contributed by atoms with E-state index in [4.69, 9.17) is 14.5 Å². The topological polar surface area (TPSA) is 44.8 Å². The zero-order valence-electron chi connectivity index (χ0n) is 19.5. The van der Waals surface area contributed by atoms with Crippen LogP contribution in [0.5, 0.6) is 5.75 Å². The lowest BCUT2D eigenvalue weighted by Crippen LogP contribution is -2.08. The molecule has 0 saturated heterocycles. The second-order valence-electron chi connectivity index (χ2n) is 8.20. The van der Waals surface area contributed by atoms with E-state index in [2.05, 4.69) is 6.92 Å². The zero-order valence-corrected chi connectivity index (χ0v) is 19.5. The fourth-order valence-electron chi connectivity index (χ4n) is 3.66. The van der Waals surface area contributed by atoms with Gasteiger partial charge < -0.3 is 4.74 Å². The van der Waals surface area contributed by atoms with Crippen molar-refractivity contribution in [2.24, 2.45) is 0 Å². The summed E-state index contributed by atoms with van der Waals surface area (Å²) in [6.45, 7) is 2.72. The first-order valence-electron chi connectivity index (χ1n) is 12.3. The van der Waals surface area contributed by atoms with Gasteiger partial charge in [0.15, 0.2) is 0 Å². The molecule has 4 nitrogen and oxygen atoms in total. The van der Waals surface area contributed by atoms with Crippen molar-refractivity contribution in [3.63, 3.8) is 0 Å². The van der Waals surface area contributed by atoms with E-state index >= 15 is 0 Å². The van der Waals surface area contributed by atoms with Gasteiger partial charge in [0.1, 0.15) is 11.3 Å². The maximum atomic E-state index is 12.0. The Morgan fingerprint density at radius 3 is 1.67 bits per heavy atom. The predicted octanol–water partition coefficient (Wildman–Crippen LogP) is 8.05. The fraction of sp³-hybridized carbons (Fsp3) is 0.731. The van der Waals surface area contributed by atoms with E-state index in [-0.39, 0.29) is 0 Å². The number of unbranched alkanes of at least 4 members (excludes halogenated alkanes) is 15. The molecule has 0 aliphatic rings. The van der Waals surface area contributed by atoms with Gasteiger partial charge in [-0.05, 0) is 18.6 Å². The van der Waals surface area contributed by atoms with Crippen molar-refractivity contribution in [1.29, 1.82) is 0 Å². The molecule has 0 aromatic heterocycles. The Hall–Kier alpha value is -1.55. The molecule has 1 aromatic carbocycles. The van der Waals surface area contributed by atoms with Crippen LogP contribution in [0.2, 0.25) is 0 Å². The number of hydrogen-bond donors (Lipinski definition) is 0. The second-order valence-corrected chi connectivity index (χ2v) is 8.20. The second kappa shape index (κ2) is 19.4. The molecule has 0 saturated carbocycles. The van der Waals surface area contributed by atoms with Crippen LogP contribution in [-0.4, -0.2) is 19.7 Å². The summed E-state index contributed by atoms with van der Waals surface area (Å²) in [5, 5.41) is 0. The predicted molar refractivity (Wildman–Crippen MR) is 124 cm³/mol. The minimum Gasteiger partial charge on any atom is -0.496 e. The number of carbonyl (C=O) groups excluding carboxylic acids is 1. The summed E-state index contributed by atoms with van der Waals surface area (Å²) < 4.78 is 5.15. The quantitative estimate of drug-likeness (QED) is 0.122. The highest BCUT2D eigenvalue weighted by Gasteiger charge is 2.13. The van der Waals surface area contributed by atoms with E-state index in [1.54, 1.807) is 18.2 Å². The Morgan fingerprint density at radius 1 is 0.700 bits per heavy atom. The van der Waals surface area contributed by atoms with Gasteiger partial charge >= 0.3 is 5.97 Å². The molecule has 0 fully saturated rings. The zero-order chi connectivity index (χ0) is 21.7. The number of rotatable bonds is 20. The van der Waals surface area contributed by atoms with Gasteiger partial charge in [-0.25, -0.2) is 4.79 Å². The van der Waals surface area contributed by atoms with Crippen LogP contribution in [0.15, 0.2) is 24.3 Å².